The molecule has 0 radical (unpaired) electrons. The molecule has 3 aromatic rings. The summed E-state index contributed by atoms with van der Waals surface area (Å²) in [6, 6.07) is 12.6. The molecule has 214 valence electrons. The van der Waals surface area contributed by atoms with Gasteiger partial charge in [-0.2, -0.15) is 0 Å². The fourth-order valence-corrected chi connectivity index (χ4v) is 5.75. The van der Waals surface area contributed by atoms with Crippen molar-refractivity contribution in [2.24, 2.45) is 0 Å². The molecule has 11 heteroatoms. The molecule has 1 aliphatic carbocycles. The Balaban J connectivity index is 1.63. The average molecular weight is 664 g/mol. The van der Waals surface area contributed by atoms with Crippen LogP contribution in [-0.4, -0.2) is 82.1 Å². The lowest BCUT2D eigenvalue weighted by Crippen LogP contribution is -2.55. The number of hydrogen-bond acceptors (Lipinski definition) is 7. The van der Waals surface area contributed by atoms with Gasteiger partial charge in [-0.25, -0.2) is 0 Å². The first kappa shape index (κ1) is 29.8. The molecule has 0 aliphatic heterocycles. The Kier molecular flexibility index (Phi) is 10.1. The molecule has 1 heterocycles. The van der Waals surface area contributed by atoms with Gasteiger partial charge in [-0.3, -0.25) is 9.59 Å². The van der Waals surface area contributed by atoms with Crippen LogP contribution in [0, 0.1) is 3.57 Å². The number of halogens is 1. The highest BCUT2D eigenvalue weighted by molar-refractivity contribution is 14.1. The predicted molar refractivity (Wildman–Crippen MR) is 158 cm³/mol. The van der Waals surface area contributed by atoms with Gasteiger partial charge < -0.3 is 40.0 Å². The van der Waals surface area contributed by atoms with Crippen molar-refractivity contribution in [1.82, 2.24) is 15.2 Å². The second kappa shape index (κ2) is 13.5. The number of aromatic amines is 1. The molecule has 5 N–H and O–H groups in total. The van der Waals surface area contributed by atoms with E-state index in [1.807, 2.05) is 30.3 Å². The maximum absolute atomic E-state index is 13.0. The summed E-state index contributed by atoms with van der Waals surface area (Å²) in [6.45, 7) is 1.42. The molecule has 10 nitrogen and oxygen atoms in total. The van der Waals surface area contributed by atoms with Crippen molar-refractivity contribution >= 4 is 45.3 Å². The monoisotopic (exact) mass is 663 g/mol. The number of hydrogen-bond donors (Lipinski definition) is 5. The van der Waals surface area contributed by atoms with Gasteiger partial charge in [-0.15, -0.1) is 0 Å². The summed E-state index contributed by atoms with van der Waals surface area (Å²) >= 11 is 2.06. The summed E-state index contributed by atoms with van der Waals surface area (Å²) in [4.78, 5) is 30.8. The van der Waals surface area contributed by atoms with Gasteiger partial charge in [0.1, 0.15) is 12.2 Å². The minimum absolute atomic E-state index is 0.0695. The SMILES string of the molecule is COc1cc(CO)cc(I)c1O[C@H]1C=C(C(=O)NCCO)C[C@@H](N(CCc2cc3ccccc3[nH]2)C(C)=O)[C@@H]1O. The van der Waals surface area contributed by atoms with E-state index in [-0.39, 0.29) is 32.1 Å². The number of aliphatic hydroxyl groups is 3. The Labute approximate surface area is 246 Å². The van der Waals surface area contributed by atoms with Gasteiger partial charge in [-0.1, -0.05) is 18.2 Å². The number of fused-ring (bicyclic) bond motifs is 1. The summed E-state index contributed by atoms with van der Waals surface area (Å²) in [7, 11) is 1.48. The number of H-pyrrole nitrogens is 1. The fraction of sp³-hybridized carbons (Fsp3) is 0.379. The molecule has 0 saturated carbocycles. The third kappa shape index (κ3) is 6.77. The van der Waals surface area contributed by atoms with E-state index in [1.165, 1.54) is 14.0 Å². The molecule has 40 heavy (non-hydrogen) atoms. The minimum atomic E-state index is -1.15. The first-order valence-electron chi connectivity index (χ1n) is 13.0. The van der Waals surface area contributed by atoms with Crippen molar-refractivity contribution < 1.29 is 34.4 Å². The number of rotatable bonds is 11. The van der Waals surface area contributed by atoms with Crippen molar-refractivity contribution in [1.29, 1.82) is 0 Å². The summed E-state index contributed by atoms with van der Waals surface area (Å²) in [5, 5.41) is 34.0. The standard InChI is InChI=1S/C29H34IN3O7/c1-17(36)33(9-7-21-13-19-5-3-4-6-23(19)32-21)24-14-20(29(38)31-8-10-34)15-25(27(24)37)40-28-22(30)11-18(16-35)12-26(28)39-2/h3-6,11-13,15,24-25,27,32,34-35,37H,7-10,14,16H2,1-2H3,(H,31,38)/t24-,25+,27+/m1/s1. The van der Waals surface area contributed by atoms with Gasteiger partial charge in [0.05, 0.1) is 29.9 Å². The van der Waals surface area contributed by atoms with E-state index >= 15 is 0 Å². The highest BCUT2D eigenvalue weighted by Crippen LogP contribution is 2.37. The quantitative estimate of drug-likeness (QED) is 0.198. The number of methoxy groups -OCH3 is 1. The fourth-order valence-electron chi connectivity index (χ4n) is 4.96. The number of amides is 2. The van der Waals surface area contributed by atoms with Crippen LogP contribution in [-0.2, 0) is 22.6 Å². The van der Waals surface area contributed by atoms with Crippen molar-refractivity contribution in [3.05, 3.63) is 68.9 Å². The van der Waals surface area contributed by atoms with E-state index in [4.69, 9.17) is 9.47 Å². The summed E-state index contributed by atoms with van der Waals surface area (Å²) in [6.07, 6.45) is 0.0549. The number of aromatic nitrogens is 1. The van der Waals surface area contributed by atoms with Crippen molar-refractivity contribution in [3.63, 3.8) is 0 Å². The van der Waals surface area contributed by atoms with E-state index < -0.39 is 24.2 Å². The number of benzene rings is 2. The van der Waals surface area contributed by atoms with Gasteiger partial charge in [0.15, 0.2) is 11.5 Å². The molecule has 0 unspecified atom stereocenters. The molecule has 1 aliphatic rings. The highest BCUT2D eigenvalue weighted by Gasteiger charge is 2.40. The Hall–Kier alpha value is -3.13. The van der Waals surface area contributed by atoms with Crippen LogP contribution >= 0.6 is 22.6 Å². The summed E-state index contributed by atoms with van der Waals surface area (Å²) in [5.41, 5.74) is 2.92. The number of nitrogens with zero attached hydrogens (tertiary/aromatic N) is 1. The maximum Gasteiger partial charge on any atom is 0.247 e. The lowest BCUT2D eigenvalue weighted by Gasteiger charge is -2.40. The van der Waals surface area contributed by atoms with E-state index in [1.54, 1.807) is 23.1 Å². The molecule has 0 saturated heterocycles. The zero-order valence-electron chi connectivity index (χ0n) is 22.4. The topological polar surface area (TPSA) is 144 Å². The molecule has 3 atom stereocenters. The Morgan fingerprint density at radius 3 is 2.65 bits per heavy atom. The zero-order chi connectivity index (χ0) is 28.8. The number of aliphatic hydroxyl groups excluding tert-OH is 3. The third-order valence-corrected chi connectivity index (χ3v) is 7.75. The van der Waals surface area contributed by atoms with Gasteiger partial charge in [0.2, 0.25) is 11.8 Å². The van der Waals surface area contributed by atoms with Crippen LogP contribution in [0.1, 0.15) is 24.6 Å². The Bertz CT molecular complexity index is 1360. The average Bonchev–Trinajstić information content (AvgIpc) is 3.37. The molecular weight excluding hydrogens is 629 g/mol. The highest BCUT2D eigenvalue weighted by atomic mass is 127. The lowest BCUT2D eigenvalue weighted by molar-refractivity contribution is -0.136. The van der Waals surface area contributed by atoms with E-state index in [2.05, 4.69) is 32.9 Å². The molecule has 1 aromatic heterocycles. The largest absolute Gasteiger partial charge is 0.493 e. The van der Waals surface area contributed by atoms with Crippen LogP contribution in [0.5, 0.6) is 11.5 Å². The van der Waals surface area contributed by atoms with Gasteiger partial charge in [0.25, 0.3) is 0 Å². The van der Waals surface area contributed by atoms with Crippen LogP contribution in [0.2, 0.25) is 0 Å². The third-order valence-electron chi connectivity index (χ3n) is 6.95. The second-order valence-electron chi connectivity index (χ2n) is 9.63. The van der Waals surface area contributed by atoms with Gasteiger partial charge >= 0.3 is 0 Å². The van der Waals surface area contributed by atoms with Crippen LogP contribution in [0.4, 0.5) is 0 Å². The molecule has 0 spiro atoms. The normalized spacial score (nSPS) is 18.8. The maximum atomic E-state index is 13.0. The minimum Gasteiger partial charge on any atom is -0.493 e. The lowest BCUT2D eigenvalue weighted by atomic mass is 9.88. The number of carbonyl (C=O) groups excluding carboxylic acids is 2. The molecule has 2 aromatic carbocycles. The van der Waals surface area contributed by atoms with Crippen molar-refractivity contribution in [3.8, 4) is 11.5 Å². The van der Waals surface area contributed by atoms with Crippen LogP contribution in [0.25, 0.3) is 10.9 Å². The molecular formula is C29H34IN3O7. The first-order chi connectivity index (χ1) is 19.2. The number of para-hydroxylation sites is 1. The first-order valence-corrected chi connectivity index (χ1v) is 14.1. The number of ether oxygens (including phenoxy) is 2. The number of carbonyl (C=O) groups is 2. The zero-order valence-corrected chi connectivity index (χ0v) is 24.6. The molecule has 4 rings (SSSR count). The van der Waals surface area contributed by atoms with E-state index in [0.29, 0.717) is 39.2 Å². The Morgan fingerprint density at radius 2 is 1.98 bits per heavy atom. The smallest absolute Gasteiger partial charge is 0.247 e. The molecule has 0 bridgehead atoms. The predicted octanol–water partition coefficient (Wildman–Crippen LogP) is 2.28. The van der Waals surface area contributed by atoms with Crippen molar-refractivity contribution in [2.75, 3.05) is 26.8 Å². The van der Waals surface area contributed by atoms with Gasteiger partial charge in [0, 0.05) is 49.6 Å². The summed E-state index contributed by atoms with van der Waals surface area (Å²) in [5.74, 6) is 0.0716. The second-order valence-corrected chi connectivity index (χ2v) is 10.8. The Morgan fingerprint density at radius 1 is 1.20 bits per heavy atom. The molecule has 0 fully saturated rings. The van der Waals surface area contributed by atoms with Gasteiger partial charge in [-0.05, 0) is 63.9 Å². The van der Waals surface area contributed by atoms with Crippen molar-refractivity contribution in [2.45, 2.75) is 44.6 Å². The van der Waals surface area contributed by atoms with E-state index in [9.17, 15) is 24.9 Å². The van der Waals surface area contributed by atoms with Crippen LogP contribution < -0.4 is 14.8 Å². The summed E-state index contributed by atoms with van der Waals surface area (Å²) < 4.78 is 12.4. The van der Waals surface area contributed by atoms with Crippen LogP contribution in [0.3, 0.4) is 0 Å². The van der Waals surface area contributed by atoms with Crippen LogP contribution in [0.15, 0.2) is 54.1 Å². The number of nitrogens with one attached hydrogen (secondary N) is 2. The van der Waals surface area contributed by atoms with E-state index in [0.717, 1.165) is 16.6 Å². The molecule has 2 amide bonds.